The van der Waals surface area contributed by atoms with E-state index in [-0.39, 0.29) is 11.8 Å². The summed E-state index contributed by atoms with van der Waals surface area (Å²) in [4.78, 5) is 11.2. The lowest BCUT2D eigenvalue weighted by Gasteiger charge is -1.89. The molecule has 0 spiro atoms. The van der Waals surface area contributed by atoms with Crippen LogP contribution in [0.3, 0.4) is 0 Å². The molecule has 0 amide bonds. The maximum absolute atomic E-state index is 11.2. The number of nitrogens with zero attached hydrogens (tertiary/aromatic N) is 2. The highest BCUT2D eigenvalue weighted by Gasteiger charge is 2.18. The van der Waals surface area contributed by atoms with Crippen molar-refractivity contribution in [2.75, 3.05) is 7.11 Å². The highest BCUT2D eigenvalue weighted by atomic mass is 16.5. The van der Waals surface area contributed by atoms with E-state index >= 15 is 0 Å². The average molecular weight is 258 g/mol. The molecule has 0 radical (unpaired) electrons. The zero-order valence-electron chi connectivity index (χ0n) is 10.3. The monoisotopic (exact) mass is 258 g/mol. The summed E-state index contributed by atoms with van der Waals surface area (Å²) in [7, 11) is 1.25. The van der Waals surface area contributed by atoms with Crippen molar-refractivity contribution in [1.29, 1.82) is 0 Å². The normalized spacial score (nSPS) is 10.8. The highest BCUT2D eigenvalue weighted by Crippen LogP contribution is 2.27. The van der Waals surface area contributed by atoms with Gasteiger partial charge >= 0.3 is 11.9 Å². The summed E-state index contributed by atoms with van der Waals surface area (Å²) in [6, 6.07) is 7.59. The number of hydrogen-bond donors (Lipinski definition) is 0. The molecule has 3 rings (SSSR count). The molecule has 0 aliphatic carbocycles. The lowest BCUT2D eigenvalue weighted by Crippen LogP contribution is -2.00. The summed E-state index contributed by atoms with van der Waals surface area (Å²) in [5.74, 6) is -0.308. The van der Waals surface area contributed by atoms with Crippen LogP contribution in [0.2, 0.25) is 0 Å². The molecule has 0 atom stereocenters. The third-order valence-corrected chi connectivity index (χ3v) is 2.67. The molecule has 19 heavy (non-hydrogen) atoms. The molecule has 0 aliphatic rings. The zero-order chi connectivity index (χ0) is 13.4. The Hall–Kier alpha value is -2.63. The molecule has 3 aromatic rings. The third kappa shape index (κ3) is 1.97. The molecule has 96 valence electrons. The van der Waals surface area contributed by atoms with Crippen LogP contribution in [-0.4, -0.2) is 23.3 Å². The first kappa shape index (κ1) is 11.5. The molecule has 0 fully saturated rings. The molecule has 0 aliphatic heterocycles. The molecule has 6 nitrogen and oxygen atoms in total. The van der Waals surface area contributed by atoms with Crippen LogP contribution in [0.25, 0.3) is 22.6 Å². The predicted molar refractivity (Wildman–Crippen MR) is 65.6 cm³/mol. The van der Waals surface area contributed by atoms with E-state index in [0.29, 0.717) is 5.76 Å². The molecule has 2 heterocycles. The second kappa shape index (κ2) is 4.24. The molecule has 6 heteroatoms. The first-order chi connectivity index (χ1) is 9.17. The SMILES string of the molecule is COC(=O)c1nnc(-c2cc3cc(C)ccc3o2)o1. The van der Waals surface area contributed by atoms with E-state index in [1.54, 1.807) is 6.07 Å². The van der Waals surface area contributed by atoms with Crippen LogP contribution in [0, 0.1) is 6.92 Å². The van der Waals surface area contributed by atoms with Crippen LogP contribution < -0.4 is 0 Å². The van der Waals surface area contributed by atoms with Crippen molar-refractivity contribution >= 4 is 16.9 Å². The van der Waals surface area contributed by atoms with Gasteiger partial charge in [-0.3, -0.25) is 0 Å². The van der Waals surface area contributed by atoms with Gasteiger partial charge in [-0.05, 0) is 25.1 Å². The number of methoxy groups -OCH3 is 1. The van der Waals surface area contributed by atoms with Crippen LogP contribution >= 0.6 is 0 Å². The molecule has 0 saturated heterocycles. The standard InChI is InChI=1S/C13H10N2O4/c1-7-3-4-9-8(5-7)6-10(18-9)11-14-15-12(19-11)13(16)17-2/h3-6H,1-2H3. The largest absolute Gasteiger partial charge is 0.462 e. The van der Waals surface area contributed by atoms with Crippen molar-refractivity contribution in [2.24, 2.45) is 0 Å². The Kier molecular flexibility index (Phi) is 2.56. The van der Waals surface area contributed by atoms with Gasteiger partial charge < -0.3 is 13.6 Å². The van der Waals surface area contributed by atoms with Gasteiger partial charge in [0.05, 0.1) is 7.11 Å². The maximum Gasteiger partial charge on any atom is 0.396 e. The molecule has 0 unspecified atom stereocenters. The van der Waals surface area contributed by atoms with Gasteiger partial charge in [0.1, 0.15) is 5.58 Å². The molecular weight excluding hydrogens is 248 g/mol. The van der Waals surface area contributed by atoms with Gasteiger partial charge in [-0.2, -0.15) is 0 Å². The number of aryl methyl sites for hydroxylation is 1. The van der Waals surface area contributed by atoms with Gasteiger partial charge in [0.15, 0.2) is 5.76 Å². The van der Waals surface area contributed by atoms with Gasteiger partial charge in [0.2, 0.25) is 0 Å². The minimum absolute atomic E-state index is 0.147. The third-order valence-electron chi connectivity index (χ3n) is 2.67. The lowest BCUT2D eigenvalue weighted by molar-refractivity contribution is 0.0556. The van der Waals surface area contributed by atoms with Crippen molar-refractivity contribution in [3.63, 3.8) is 0 Å². The molecular formula is C13H10N2O4. The van der Waals surface area contributed by atoms with Crippen LogP contribution in [0.4, 0.5) is 0 Å². The molecule has 0 N–H and O–H groups in total. The Balaban J connectivity index is 2.04. The fraction of sp³-hybridized carbons (Fsp3) is 0.154. The average Bonchev–Trinajstić information content (AvgIpc) is 3.03. The van der Waals surface area contributed by atoms with Crippen LogP contribution in [0.1, 0.15) is 16.2 Å². The van der Waals surface area contributed by atoms with Crippen LogP contribution in [0.5, 0.6) is 0 Å². The first-order valence-electron chi connectivity index (χ1n) is 5.60. The molecule has 1 aromatic carbocycles. The summed E-state index contributed by atoms with van der Waals surface area (Å²) in [5, 5.41) is 8.30. The Morgan fingerprint density at radius 2 is 2.05 bits per heavy atom. The van der Waals surface area contributed by atoms with Crippen molar-refractivity contribution in [2.45, 2.75) is 6.92 Å². The van der Waals surface area contributed by atoms with Crippen molar-refractivity contribution < 1.29 is 18.4 Å². The smallest absolute Gasteiger partial charge is 0.396 e. The number of esters is 1. The number of aromatic nitrogens is 2. The zero-order valence-corrected chi connectivity index (χ0v) is 10.3. The van der Waals surface area contributed by atoms with Gasteiger partial charge in [-0.25, -0.2) is 4.79 Å². The van der Waals surface area contributed by atoms with Gasteiger partial charge in [-0.1, -0.05) is 11.6 Å². The minimum atomic E-state index is -0.675. The Morgan fingerprint density at radius 3 is 2.84 bits per heavy atom. The van der Waals surface area contributed by atoms with Crippen LogP contribution in [0.15, 0.2) is 33.1 Å². The summed E-state index contributed by atoms with van der Waals surface area (Å²) in [6.07, 6.45) is 0. The highest BCUT2D eigenvalue weighted by molar-refractivity contribution is 5.85. The fourth-order valence-electron chi connectivity index (χ4n) is 1.76. The number of carbonyl (C=O) groups excluding carboxylic acids is 1. The number of furan rings is 1. The van der Waals surface area contributed by atoms with E-state index in [2.05, 4.69) is 14.9 Å². The minimum Gasteiger partial charge on any atom is -0.462 e. The Bertz CT molecular complexity index is 757. The predicted octanol–water partition coefficient (Wildman–Crippen LogP) is 2.58. The van der Waals surface area contributed by atoms with Gasteiger partial charge in [0.25, 0.3) is 5.89 Å². The Morgan fingerprint density at radius 1 is 1.21 bits per heavy atom. The van der Waals surface area contributed by atoms with E-state index < -0.39 is 5.97 Å². The van der Waals surface area contributed by atoms with Crippen LogP contribution in [-0.2, 0) is 4.74 Å². The van der Waals surface area contributed by atoms with E-state index in [4.69, 9.17) is 8.83 Å². The first-order valence-corrected chi connectivity index (χ1v) is 5.60. The van der Waals surface area contributed by atoms with E-state index in [1.165, 1.54) is 7.11 Å². The number of benzene rings is 1. The number of ether oxygens (including phenoxy) is 1. The molecule has 0 saturated carbocycles. The van der Waals surface area contributed by atoms with Crippen molar-refractivity contribution in [1.82, 2.24) is 10.2 Å². The van der Waals surface area contributed by atoms with Crippen molar-refractivity contribution in [3.8, 4) is 11.7 Å². The Labute approximate surface area is 108 Å². The van der Waals surface area contributed by atoms with Gasteiger partial charge in [0, 0.05) is 5.39 Å². The van der Waals surface area contributed by atoms with Crippen molar-refractivity contribution in [3.05, 3.63) is 35.7 Å². The second-order valence-corrected chi connectivity index (χ2v) is 4.06. The number of carbonyl (C=O) groups is 1. The molecule has 0 bridgehead atoms. The quantitative estimate of drug-likeness (QED) is 0.657. The lowest BCUT2D eigenvalue weighted by atomic mass is 10.2. The summed E-state index contributed by atoms with van der Waals surface area (Å²) in [6.45, 7) is 1.99. The molecule has 2 aromatic heterocycles. The number of hydrogen-bond acceptors (Lipinski definition) is 6. The summed E-state index contributed by atoms with van der Waals surface area (Å²) < 4.78 is 15.3. The second-order valence-electron chi connectivity index (χ2n) is 4.06. The van der Waals surface area contributed by atoms with E-state index in [0.717, 1.165) is 16.5 Å². The summed E-state index contributed by atoms with van der Waals surface area (Å²) in [5.41, 5.74) is 1.85. The summed E-state index contributed by atoms with van der Waals surface area (Å²) >= 11 is 0. The fourth-order valence-corrected chi connectivity index (χ4v) is 1.76. The number of rotatable bonds is 2. The topological polar surface area (TPSA) is 78.4 Å². The van der Waals surface area contributed by atoms with Gasteiger partial charge in [-0.15, -0.1) is 10.2 Å². The number of fused-ring (bicyclic) bond motifs is 1. The maximum atomic E-state index is 11.2. The van der Waals surface area contributed by atoms with E-state index in [9.17, 15) is 4.79 Å². The van der Waals surface area contributed by atoms with E-state index in [1.807, 2.05) is 25.1 Å².